The molecule has 1 aliphatic heterocycles. The molecule has 6 nitrogen and oxygen atoms in total. The van der Waals surface area contributed by atoms with E-state index in [4.69, 9.17) is 0 Å². The van der Waals surface area contributed by atoms with E-state index in [2.05, 4.69) is 32.6 Å². The van der Waals surface area contributed by atoms with Crippen molar-refractivity contribution in [3.05, 3.63) is 0 Å². The summed E-state index contributed by atoms with van der Waals surface area (Å²) in [6.07, 6.45) is 1.04. The van der Waals surface area contributed by atoms with Gasteiger partial charge in [-0.05, 0) is 11.6 Å². The minimum absolute atomic E-state index is 0.764. The Morgan fingerprint density at radius 3 is 2.86 bits per heavy atom. The summed E-state index contributed by atoms with van der Waals surface area (Å²) < 4.78 is 0. The van der Waals surface area contributed by atoms with Gasteiger partial charge >= 0.3 is 0 Å². The van der Waals surface area contributed by atoms with Crippen LogP contribution in [0.2, 0.25) is 0 Å². The van der Waals surface area contributed by atoms with Gasteiger partial charge in [-0.25, -0.2) is 0 Å². The van der Waals surface area contributed by atoms with Gasteiger partial charge in [0.2, 0.25) is 0 Å². The number of piperazine rings is 1. The molecule has 1 fully saturated rings. The maximum atomic E-state index is 4.32. The summed E-state index contributed by atoms with van der Waals surface area (Å²) >= 11 is 0. The summed E-state index contributed by atoms with van der Waals surface area (Å²) in [5.41, 5.74) is 0. The van der Waals surface area contributed by atoms with Gasteiger partial charge in [-0.2, -0.15) is 4.80 Å². The zero-order valence-corrected chi connectivity index (χ0v) is 8.48. The highest BCUT2D eigenvalue weighted by atomic mass is 15.6. The lowest BCUT2D eigenvalue weighted by Gasteiger charge is -2.25. The molecular formula is C8H16N6. The van der Waals surface area contributed by atoms with Crippen LogP contribution in [0.5, 0.6) is 0 Å². The molecular weight excluding hydrogens is 180 g/mol. The van der Waals surface area contributed by atoms with Crippen molar-refractivity contribution in [1.29, 1.82) is 0 Å². The Bertz CT molecular complexity index is 277. The van der Waals surface area contributed by atoms with Crippen LogP contribution >= 0.6 is 0 Å². The summed E-state index contributed by atoms with van der Waals surface area (Å²) in [5.74, 6) is 0.764. The van der Waals surface area contributed by atoms with E-state index in [0.29, 0.717) is 0 Å². The second kappa shape index (κ2) is 4.36. The van der Waals surface area contributed by atoms with E-state index in [9.17, 15) is 0 Å². The van der Waals surface area contributed by atoms with Crippen molar-refractivity contribution in [3.8, 4) is 0 Å². The number of nitrogens with zero attached hydrogens (tertiary/aromatic N) is 5. The molecule has 14 heavy (non-hydrogen) atoms. The fourth-order valence-electron chi connectivity index (χ4n) is 1.52. The van der Waals surface area contributed by atoms with Crippen molar-refractivity contribution in [3.63, 3.8) is 0 Å². The molecule has 1 saturated heterocycles. The van der Waals surface area contributed by atoms with Crippen LogP contribution in [0.1, 0.15) is 13.3 Å². The Hall–Kier alpha value is -1.17. The van der Waals surface area contributed by atoms with Crippen LogP contribution in [0, 0.1) is 0 Å². The SMILES string of the molecule is CCCn1nnc(N2CCNCC2)n1. The molecule has 0 radical (unpaired) electrons. The van der Waals surface area contributed by atoms with Gasteiger partial charge in [0.1, 0.15) is 0 Å². The number of hydrogen-bond donors (Lipinski definition) is 1. The maximum Gasteiger partial charge on any atom is 0.266 e. The molecule has 0 saturated carbocycles. The molecule has 0 atom stereocenters. The molecule has 1 aromatic rings. The minimum Gasteiger partial charge on any atom is -0.336 e. The zero-order valence-electron chi connectivity index (χ0n) is 8.48. The van der Waals surface area contributed by atoms with E-state index >= 15 is 0 Å². The average Bonchev–Trinajstić information content (AvgIpc) is 2.68. The Balaban J connectivity index is 2.00. The number of tetrazole rings is 1. The molecule has 2 heterocycles. The fraction of sp³-hybridized carbons (Fsp3) is 0.875. The van der Waals surface area contributed by atoms with Gasteiger partial charge in [0.05, 0.1) is 6.54 Å². The number of aromatic nitrogens is 4. The summed E-state index contributed by atoms with van der Waals surface area (Å²) in [6.45, 7) is 6.90. The topological polar surface area (TPSA) is 58.9 Å². The van der Waals surface area contributed by atoms with Gasteiger partial charge in [-0.1, -0.05) is 12.0 Å². The lowest BCUT2D eigenvalue weighted by Crippen LogP contribution is -2.44. The minimum atomic E-state index is 0.764. The third kappa shape index (κ3) is 2.01. The first kappa shape index (κ1) is 9.39. The van der Waals surface area contributed by atoms with Crippen LogP contribution < -0.4 is 10.2 Å². The highest BCUT2D eigenvalue weighted by molar-refractivity contribution is 5.26. The van der Waals surface area contributed by atoms with Crippen molar-refractivity contribution in [2.45, 2.75) is 19.9 Å². The van der Waals surface area contributed by atoms with Crippen LogP contribution in [0.4, 0.5) is 5.95 Å². The quantitative estimate of drug-likeness (QED) is 0.705. The van der Waals surface area contributed by atoms with Crippen molar-refractivity contribution < 1.29 is 0 Å². The first-order valence-electron chi connectivity index (χ1n) is 5.13. The third-order valence-electron chi connectivity index (χ3n) is 2.27. The molecule has 0 amide bonds. The Labute approximate surface area is 83.3 Å². The molecule has 0 aromatic carbocycles. The van der Waals surface area contributed by atoms with Crippen LogP contribution in [0.3, 0.4) is 0 Å². The van der Waals surface area contributed by atoms with Crippen LogP contribution in [0.25, 0.3) is 0 Å². The highest BCUT2D eigenvalue weighted by Crippen LogP contribution is 2.05. The summed E-state index contributed by atoms with van der Waals surface area (Å²) in [5, 5.41) is 15.6. The molecule has 1 aromatic heterocycles. The summed E-state index contributed by atoms with van der Waals surface area (Å²) in [6, 6.07) is 0. The second-order valence-electron chi connectivity index (χ2n) is 3.42. The number of rotatable bonds is 3. The van der Waals surface area contributed by atoms with Gasteiger partial charge in [-0.15, -0.1) is 5.10 Å². The fourth-order valence-corrected chi connectivity index (χ4v) is 1.52. The maximum absolute atomic E-state index is 4.32. The predicted molar refractivity (Wildman–Crippen MR) is 53.2 cm³/mol. The Morgan fingerprint density at radius 2 is 2.14 bits per heavy atom. The second-order valence-corrected chi connectivity index (χ2v) is 3.42. The van der Waals surface area contributed by atoms with Gasteiger partial charge in [-0.3, -0.25) is 0 Å². The molecule has 6 heteroatoms. The summed E-state index contributed by atoms with van der Waals surface area (Å²) in [4.78, 5) is 3.83. The van der Waals surface area contributed by atoms with Crippen LogP contribution in [-0.4, -0.2) is 46.4 Å². The largest absolute Gasteiger partial charge is 0.336 e. The number of aryl methyl sites for hydroxylation is 1. The van der Waals surface area contributed by atoms with Crippen LogP contribution in [0.15, 0.2) is 0 Å². The van der Waals surface area contributed by atoms with Crippen molar-refractivity contribution >= 4 is 5.95 Å². The van der Waals surface area contributed by atoms with Gasteiger partial charge in [0, 0.05) is 26.2 Å². The standard InChI is InChI=1S/C8H16N6/c1-2-5-14-11-8(10-12-14)13-6-3-9-4-7-13/h9H,2-7H2,1H3. The molecule has 1 aliphatic rings. The molecule has 2 rings (SSSR count). The lowest BCUT2D eigenvalue weighted by molar-refractivity contribution is 0.512. The smallest absolute Gasteiger partial charge is 0.266 e. The molecule has 0 spiro atoms. The van der Waals surface area contributed by atoms with E-state index in [1.54, 1.807) is 4.80 Å². The van der Waals surface area contributed by atoms with Gasteiger partial charge < -0.3 is 10.2 Å². The van der Waals surface area contributed by atoms with E-state index in [1.807, 2.05) is 0 Å². The Morgan fingerprint density at radius 1 is 1.36 bits per heavy atom. The monoisotopic (exact) mass is 196 g/mol. The first-order valence-corrected chi connectivity index (χ1v) is 5.13. The van der Waals surface area contributed by atoms with E-state index in [-0.39, 0.29) is 0 Å². The lowest BCUT2D eigenvalue weighted by atomic mass is 10.4. The predicted octanol–water partition coefficient (Wildman–Crippen LogP) is -0.507. The van der Waals surface area contributed by atoms with E-state index in [1.165, 1.54) is 0 Å². The molecule has 1 N–H and O–H groups in total. The van der Waals surface area contributed by atoms with Gasteiger partial charge in [0.25, 0.3) is 5.95 Å². The van der Waals surface area contributed by atoms with Crippen molar-refractivity contribution in [2.75, 3.05) is 31.1 Å². The number of anilines is 1. The summed E-state index contributed by atoms with van der Waals surface area (Å²) in [7, 11) is 0. The molecule has 0 bridgehead atoms. The van der Waals surface area contributed by atoms with E-state index < -0.39 is 0 Å². The molecule has 0 unspecified atom stereocenters. The van der Waals surface area contributed by atoms with Crippen molar-refractivity contribution in [2.24, 2.45) is 0 Å². The van der Waals surface area contributed by atoms with Crippen molar-refractivity contribution in [1.82, 2.24) is 25.5 Å². The number of nitrogens with one attached hydrogen (secondary N) is 1. The van der Waals surface area contributed by atoms with E-state index in [0.717, 1.165) is 45.1 Å². The normalized spacial score (nSPS) is 17.4. The average molecular weight is 196 g/mol. The molecule has 78 valence electrons. The Kier molecular flexibility index (Phi) is 2.93. The van der Waals surface area contributed by atoms with Crippen LogP contribution in [-0.2, 0) is 6.54 Å². The zero-order chi connectivity index (χ0) is 9.80. The highest BCUT2D eigenvalue weighted by Gasteiger charge is 2.14. The molecule has 0 aliphatic carbocycles. The third-order valence-corrected chi connectivity index (χ3v) is 2.27. The first-order chi connectivity index (χ1) is 6.90. The van der Waals surface area contributed by atoms with Gasteiger partial charge in [0.15, 0.2) is 0 Å². The number of hydrogen-bond acceptors (Lipinski definition) is 5.